The highest BCUT2D eigenvalue weighted by Crippen LogP contribution is 2.16. The van der Waals surface area contributed by atoms with Crippen molar-refractivity contribution in [3.63, 3.8) is 0 Å². The molecule has 0 spiro atoms. The van der Waals surface area contributed by atoms with E-state index < -0.39 is 6.10 Å². The number of unbranched alkanes of at least 4 members (excludes halogenated alkanes) is 31. The van der Waals surface area contributed by atoms with Gasteiger partial charge in [0.15, 0.2) is 6.10 Å². The van der Waals surface area contributed by atoms with Gasteiger partial charge in [0.05, 0.1) is 0 Å². The Morgan fingerprint density at radius 3 is 0.904 bits per heavy atom. The van der Waals surface area contributed by atoms with Gasteiger partial charge in [-0.1, -0.05) is 260 Å². The van der Waals surface area contributed by atoms with E-state index in [1.165, 1.54) is 161 Å². The van der Waals surface area contributed by atoms with Crippen molar-refractivity contribution in [2.24, 2.45) is 0 Å². The second-order valence-electron chi connectivity index (χ2n) is 20.6. The van der Waals surface area contributed by atoms with Crippen molar-refractivity contribution in [1.82, 2.24) is 0 Å². The summed E-state index contributed by atoms with van der Waals surface area (Å²) in [4.78, 5) is 38.2. The van der Waals surface area contributed by atoms with E-state index in [4.69, 9.17) is 14.2 Å². The summed E-state index contributed by atoms with van der Waals surface area (Å²) in [5, 5.41) is 0. The van der Waals surface area contributed by atoms with Gasteiger partial charge < -0.3 is 14.2 Å². The molecule has 0 amide bonds. The third kappa shape index (κ3) is 59.3. The van der Waals surface area contributed by atoms with Crippen LogP contribution >= 0.6 is 0 Å². The summed E-state index contributed by atoms with van der Waals surface area (Å²) in [6.45, 7) is 6.47. The second-order valence-corrected chi connectivity index (χ2v) is 20.6. The average Bonchev–Trinajstić information content (AvgIpc) is 3.39. The maximum absolute atomic E-state index is 12.9. The Bertz CT molecular complexity index is 1400. The van der Waals surface area contributed by atoms with Crippen molar-refractivity contribution in [3.8, 4) is 0 Å². The van der Waals surface area contributed by atoms with Crippen LogP contribution in [0.15, 0.2) is 85.1 Å². The number of allylic oxidation sites excluding steroid dienone is 14. The first kappa shape index (κ1) is 69.6. The van der Waals surface area contributed by atoms with Gasteiger partial charge in [0.25, 0.3) is 0 Å². The van der Waals surface area contributed by atoms with Crippen molar-refractivity contribution in [2.75, 3.05) is 13.2 Å². The Kier molecular flexibility index (Phi) is 58.3. The molecule has 420 valence electrons. The Hall–Kier alpha value is -3.41. The third-order valence-electron chi connectivity index (χ3n) is 13.3. The standard InChI is InChI=1S/C67H116O6/c1-4-7-10-13-16-19-22-24-26-28-30-31-32-33-34-35-36-37-38-40-41-43-45-48-51-54-57-60-66(69)72-63-64(62-71-65(68)59-56-53-50-47-21-18-15-12-9-6-3)73-67(70)61-58-55-52-49-46-44-42-39-29-27-25-23-20-17-14-11-8-5-2/h7,10,12,15-16,19,24,26-27,29-31,33-34,64H,4-6,8-9,11,13-14,17-18,20-23,25,28,32,35-63H2,1-3H3/b10-7-,15-12-,19-16-,26-24-,29-27-,31-30-,34-33-. The topological polar surface area (TPSA) is 78.9 Å². The molecule has 0 aliphatic heterocycles. The summed E-state index contributed by atoms with van der Waals surface area (Å²) in [6.07, 6.45) is 80.2. The Morgan fingerprint density at radius 2 is 0.562 bits per heavy atom. The predicted octanol–water partition coefficient (Wildman–Crippen LogP) is 21.1. The van der Waals surface area contributed by atoms with E-state index in [1.54, 1.807) is 0 Å². The highest BCUT2D eigenvalue weighted by atomic mass is 16.6. The van der Waals surface area contributed by atoms with Crippen LogP contribution in [0.3, 0.4) is 0 Å². The van der Waals surface area contributed by atoms with E-state index in [-0.39, 0.29) is 31.1 Å². The largest absolute Gasteiger partial charge is 0.462 e. The highest BCUT2D eigenvalue weighted by molar-refractivity contribution is 5.71. The lowest BCUT2D eigenvalue weighted by Gasteiger charge is -2.18. The molecule has 0 aliphatic carbocycles. The first-order valence-electron chi connectivity index (χ1n) is 31.1. The highest BCUT2D eigenvalue weighted by Gasteiger charge is 2.19. The summed E-state index contributed by atoms with van der Waals surface area (Å²) in [7, 11) is 0. The van der Waals surface area contributed by atoms with Crippen molar-refractivity contribution in [2.45, 2.75) is 309 Å². The summed E-state index contributed by atoms with van der Waals surface area (Å²) >= 11 is 0. The lowest BCUT2D eigenvalue weighted by atomic mass is 10.0. The Morgan fingerprint density at radius 1 is 0.288 bits per heavy atom. The average molecular weight is 1020 g/mol. The Balaban J connectivity index is 4.24. The van der Waals surface area contributed by atoms with Gasteiger partial charge in [0.1, 0.15) is 13.2 Å². The van der Waals surface area contributed by atoms with Crippen LogP contribution in [-0.2, 0) is 28.6 Å². The number of esters is 3. The third-order valence-corrected chi connectivity index (χ3v) is 13.3. The Labute approximate surface area is 452 Å². The van der Waals surface area contributed by atoms with Gasteiger partial charge in [-0.2, -0.15) is 0 Å². The fourth-order valence-corrected chi connectivity index (χ4v) is 8.70. The quantitative estimate of drug-likeness (QED) is 0.0261. The monoisotopic (exact) mass is 1020 g/mol. The number of hydrogen-bond donors (Lipinski definition) is 0. The summed E-state index contributed by atoms with van der Waals surface area (Å²) in [6, 6.07) is 0. The van der Waals surface area contributed by atoms with Gasteiger partial charge in [-0.15, -0.1) is 0 Å². The van der Waals surface area contributed by atoms with E-state index >= 15 is 0 Å². The molecule has 0 radical (unpaired) electrons. The molecule has 0 N–H and O–H groups in total. The fourth-order valence-electron chi connectivity index (χ4n) is 8.70. The van der Waals surface area contributed by atoms with Gasteiger partial charge in [0, 0.05) is 19.3 Å². The smallest absolute Gasteiger partial charge is 0.306 e. The van der Waals surface area contributed by atoms with Crippen LogP contribution in [0.25, 0.3) is 0 Å². The second kappa shape index (κ2) is 61.1. The zero-order valence-electron chi connectivity index (χ0n) is 48.1. The number of carbonyl (C=O) groups excluding carboxylic acids is 3. The van der Waals surface area contributed by atoms with Crippen LogP contribution in [0.2, 0.25) is 0 Å². The minimum absolute atomic E-state index is 0.0811. The van der Waals surface area contributed by atoms with Gasteiger partial charge in [0.2, 0.25) is 0 Å². The molecule has 0 bridgehead atoms. The molecular weight excluding hydrogens is 901 g/mol. The molecule has 6 heteroatoms. The molecule has 73 heavy (non-hydrogen) atoms. The molecule has 0 saturated carbocycles. The molecule has 0 aromatic carbocycles. The molecule has 0 heterocycles. The van der Waals surface area contributed by atoms with Crippen LogP contribution in [0.1, 0.15) is 303 Å². The normalized spacial score (nSPS) is 12.6. The van der Waals surface area contributed by atoms with E-state index in [0.29, 0.717) is 19.3 Å². The van der Waals surface area contributed by atoms with Crippen molar-refractivity contribution in [3.05, 3.63) is 85.1 Å². The number of rotatable bonds is 56. The molecule has 0 aromatic rings. The van der Waals surface area contributed by atoms with Gasteiger partial charge in [-0.25, -0.2) is 0 Å². The fraction of sp³-hybridized carbons (Fsp3) is 0.746. The van der Waals surface area contributed by atoms with Crippen molar-refractivity contribution >= 4 is 17.9 Å². The van der Waals surface area contributed by atoms with Crippen molar-refractivity contribution < 1.29 is 28.6 Å². The van der Waals surface area contributed by atoms with Crippen LogP contribution in [0.4, 0.5) is 0 Å². The van der Waals surface area contributed by atoms with E-state index in [1.807, 2.05) is 0 Å². The maximum atomic E-state index is 12.9. The van der Waals surface area contributed by atoms with Gasteiger partial charge >= 0.3 is 17.9 Å². The lowest BCUT2D eigenvalue weighted by molar-refractivity contribution is -0.167. The minimum atomic E-state index is -0.783. The van der Waals surface area contributed by atoms with Crippen LogP contribution in [-0.4, -0.2) is 37.2 Å². The molecule has 1 atom stereocenters. The molecular formula is C67H116O6. The van der Waals surface area contributed by atoms with E-state index in [9.17, 15) is 14.4 Å². The van der Waals surface area contributed by atoms with Gasteiger partial charge in [-0.05, 0) is 109 Å². The molecule has 6 nitrogen and oxygen atoms in total. The zero-order chi connectivity index (χ0) is 52.9. The SMILES string of the molecule is CC/C=C\C/C=C\C/C=C\C/C=C\C/C=C\CCCCCCCCCCCCCC(=O)OCC(COC(=O)CCCCCCC/C=C\CCC)OC(=O)CCCCCCCCC/C=C\CCCCCCCCC. The molecule has 0 aromatic heterocycles. The summed E-state index contributed by atoms with van der Waals surface area (Å²) in [5.74, 6) is -0.890. The number of ether oxygens (including phenoxy) is 3. The molecule has 0 saturated heterocycles. The van der Waals surface area contributed by atoms with Crippen molar-refractivity contribution in [1.29, 1.82) is 0 Å². The first-order chi connectivity index (χ1) is 36.0. The van der Waals surface area contributed by atoms with E-state index in [2.05, 4.69) is 106 Å². The van der Waals surface area contributed by atoms with Gasteiger partial charge in [-0.3, -0.25) is 14.4 Å². The minimum Gasteiger partial charge on any atom is -0.462 e. The summed E-state index contributed by atoms with van der Waals surface area (Å²) in [5.41, 5.74) is 0. The van der Waals surface area contributed by atoms with Crippen LogP contribution in [0.5, 0.6) is 0 Å². The lowest BCUT2D eigenvalue weighted by Crippen LogP contribution is -2.30. The van der Waals surface area contributed by atoms with E-state index in [0.717, 1.165) is 103 Å². The molecule has 0 rings (SSSR count). The first-order valence-corrected chi connectivity index (χ1v) is 31.1. The number of hydrogen-bond acceptors (Lipinski definition) is 6. The van der Waals surface area contributed by atoms with Crippen LogP contribution < -0.4 is 0 Å². The molecule has 0 fully saturated rings. The van der Waals surface area contributed by atoms with Crippen LogP contribution in [0, 0.1) is 0 Å². The molecule has 0 aliphatic rings. The molecule has 1 unspecified atom stereocenters. The number of carbonyl (C=O) groups is 3. The maximum Gasteiger partial charge on any atom is 0.306 e. The summed E-state index contributed by atoms with van der Waals surface area (Å²) < 4.78 is 16.9. The zero-order valence-corrected chi connectivity index (χ0v) is 48.1. The predicted molar refractivity (Wildman–Crippen MR) is 316 cm³/mol.